The smallest absolute Gasteiger partial charge is 0.297 e. The van der Waals surface area contributed by atoms with Crippen LogP contribution in [0.1, 0.15) is 19.4 Å². The number of hydrogen-bond donors (Lipinski definition) is 1. The molecule has 5 atom stereocenters. The third-order valence-electron chi connectivity index (χ3n) is 4.45. The van der Waals surface area contributed by atoms with Gasteiger partial charge in [0.05, 0.1) is 24.0 Å². The molecule has 0 spiro atoms. The van der Waals surface area contributed by atoms with Crippen LogP contribution in [0.15, 0.2) is 29.2 Å². The summed E-state index contributed by atoms with van der Waals surface area (Å²) in [5.41, 5.74) is 0.954. The highest BCUT2D eigenvalue weighted by Gasteiger charge is 2.41. The summed E-state index contributed by atoms with van der Waals surface area (Å²) in [6, 6.07) is 6.40. The normalized spacial score (nSPS) is 32.0. The summed E-state index contributed by atoms with van der Waals surface area (Å²) in [4.78, 5) is 11.4. The van der Waals surface area contributed by atoms with Gasteiger partial charge in [0.1, 0.15) is 18.4 Å². The van der Waals surface area contributed by atoms with Gasteiger partial charge >= 0.3 is 0 Å². The molecule has 0 aromatic heterocycles. The maximum atomic E-state index is 12.4. The van der Waals surface area contributed by atoms with Gasteiger partial charge in [-0.15, -0.1) is 0 Å². The molecule has 9 heteroatoms. The van der Waals surface area contributed by atoms with E-state index in [4.69, 9.17) is 18.4 Å². The summed E-state index contributed by atoms with van der Waals surface area (Å²) in [5, 5.41) is 2.64. The largest absolute Gasteiger partial charge is 0.350 e. The second-order valence-corrected chi connectivity index (χ2v) is 8.13. The number of carbonyl (C=O) groups excluding carboxylic acids is 1. The molecule has 8 nitrogen and oxygen atoms in total. The van der Waals surface area contributed by atoms with Crippen LogP contribution >= 0.6 is 0 Å². The first-order valence-corrected chi connectivity index (χ1v) is 9.86. The van der Waals surface area contributed by atoms with Crippen LogP contribution in [-0.4, -0.2) is 52.3 Å². The first-order chi connectivity index (χ1) is 12.3. The Bertz CT molecular complexity index is 749. The van der Waals surface area contributed by atoms with Crippen molar-refractivity contribution in [2.75, 3.05) is 13.2 Å². The van der Waals surface area contributed by atoms with Crippen molar-refractivity contribution in [2.24, 2.45) is 5.92 Å². The fourth-order valence-corrected chi connectivity index (χ4v) is 3.61. The predicted molar refractivity (Wildman–Crippen MR) is 90.6 cm³/mol. The molecule has 2 aliphatic rings. The Labute approximate surface area is 152 Å². The third-order valence-corrected chi connectivity index (χ3v) is 5.74. The van der Waals surface area contributed by atoms with Crippen LogP contribution in [-0.2, 0) is 33.3 Å². The lowest BCUT2D eigenvalue weighted by Crippen LogP contribution is -2.61. The van der Waals surface area contributed by atoms with E-state index < -0.39 is 34.8 Å². The number of rotatable bonds is 6. The van der Waals surface area contributed by atoms with Gasteiger partial charge in [-0.3, -0.25) is 8.98 Å². The monoisotopic (exact) mass is 385 g/mol. The number of aryl methyl sites for hydroxylation is 1. The van der Waals surface area contributed by atoms with Crippen LogP contribution in [0.4, 0.5) is 0 Å². The Hall–Kier alpha value is -1.52. The number of amides is 1. The van der Waals surface area contributed by atoms with Crippen LogP contribution in [0, 0.1) is 12.8 Å². The van der Waals surface area contributed by atoms with E-state index in [2.05, 4.69) is 5.32 Å². The molecule has 1 aromatic rings. The quantitative estimate of drug-likeness (QED) is 0.574. The number of carbonyl (C=O) groups is 1. The molecule has 26 heavy (non-hydrogen) atoms. The van der Waals surface area contributed by atoms with Gasteiger partial charge in [-0.2, -0.15) is 8.42 Å². The van der Waals surface area contributed by atoms with Crippen LogP contribution in [0.25, 0.3) is 0 Å². The van der Waals surface area contributed by atoms with Crippen LogP contribution < -0.4 is 5.32 Å². The fourth-order valence-electron chi connectivity index (χ4n) is 2.69. The van der Waals surface area contributed by atoms with Crippen molar-refractivity contribution < 1.29 is 31.6 Å². The van der Waals surface area contributed by atoms with Gasteiger partial charge in [0, 0.05) is 0 Å². The molecule has 3 rings (SSSR count). The number of nitrogens with one attached hydrogen (secondary N) is 1. The molecule has 2 heterocycles. The molecule has 1 aromatic carbocycles. The highest BCUT2D eigenvalue weighted by Crippen LogP contribution is 2.24. The standard InChI is InChI=1S/C17H23NO7S/c1-10-4-6-13(7-5-10)26(20,21)23-9-15-14(8-22-12(3)24-15)25-17-11(2)16(19)18-17/h4-7,11-12,14-15,17H,8-9H2,1-3H3,(H,18,19)/t11-,12-,14-,15+,17-/m1/s1. The molecule has 1 N–H and O–H groups in total. The highest BCUT2D eigenvalue weighted by molar-refractivity contribution is 7.86. The molecule has 144 valence electrons. The molecule has 0 radical (unpaired) electrons. The van der Waals surface area contributed by atoms with Gasteiger partial charge in [-0.05, 0) is 32.9 Å². The van der Waals surface area contributed by atoms with E-state index in [1.54, 1.807) is 26.0 Å². The van der Waals surface area contributed by atoms with Gasteiger partial charge in [0.25, 0.3) is 10.1 Å². The SMILES string of the molecule is Cc1ccc(S(=O)(=O)OC[C@@H]2O[C@H](C)OC[C@H]2O[C@H]2NC(=O)[C@H]2C)cc1. The van der Waals surface area contributed by atoms with Crippen LogP contribution in [0.2, 0.25) is 0 Å². The Morgan fingerprint density at radius 1 is 1.23 bits per heavy atom. The molecule has 0 unspecified atom stereocenters. The zero-order valence-electron chi connectivity index (χ0n) is 14.9. The average Bonchev–Trinajstić information content (AvgIpc) is 2.61. The van der Waals surface area contributed by atoms with E-state index in [9.17, 15) is 13.2 Å². The van der Waals surface area contributed by atoms with E-state index in [1.807, 2.05) is 6.92 Å². The summed E-state index contributed by atoms with van der Waals surface area (Å²) in [6.07, 6.45) is -2.13. The second kappa shape index (κ2) is 7.61. The number of β-lactam (4-membered cyclic amide) rings is 1. The van der Waals surface area contributed by atoms with E-state index in [0.717, 1.165) is 5.56 Å². The third kappa shape index (κ3) is 4.24. The van der Waals surface area contributed by atoms with Crippen molar-refractivity contribution in [1.82, 2.24) is 5.32 Å². The molecule has 2 fully saturated rings. The van der Waals surface area contributed by atoms with E-state index in [1.165, 1.54) is 12.1 Å². The molecule has 1 amide bonds. The first kappa shape index (κ1) is 19.2. The molecule has 0 aliphatic carbocycles. The van der Waals surface area contributed by atoms with E-state index in [-0.39, 0.29) is 29.9 Å². The van der Waals surface area contributed by atoms with Crippen molar-refractivity contribution in [2.45, 2.75) is 50.4 Å². The zero-order valence-corrected chi connectivity index (χ0v) is 15.7. The van der Waals surface area contributed by atoms with Crippen LogP contribution in [0.5, 0.6) is 0 Å². The molecular formula is C17H23NO7S. The van der Waals surface area contributed by atoms with Crippen molar-refractivity contribution in [1.29, 1.82) is 0 Å². The van der Waals surface area contributed by atoms with E-state index >= 15 is 0 Å². The fraction of sp³-hybridized carbons (Fsp3) is 0.588. The Kier molecular flexibility index (Phi) is 5.64. The lowest BCUT2D eigenvalue weighted by Gasteiger charge is -2.41. The summed E-state index contributed by atoms with van der Waals surface area (Å²) in [6.45, 7) is 5.36. The minimum atomic E-state index is -3.90. The molecule has 0 bridgehead atoms. The minimum Gasteiger partial charge on any atom is -0.350 e. The molecular weight excluding hydrogens is 362 g/mol. The summed E-state index contributed by atoms with van der Waals surface area (Å²) in [7, 11) is -3.90. The highest BCUT2D eigenvalue weighted by atomic mass is 32.2. The van der Waals surface area contributed by atoms with Gasteiger partial charge in [0.15, 0.2) is 6.29 Å². The Morgan fingerprint density at radius 3 is 2.54 bits per heavy atom. The lowest BCUT2D eigenvalue weighted by atomic mass is 10.0. The van der Waals surface area contributed by atoms with Gasteiger partial charge in [0.2, 0.25) is 5.91 Å². The van der Waals surface area contributed by atoms with E-state index in [0.29, 0.717) is 0 Å². The zero-order chi connectivity index (χ0) is 18.9. The van der Waals surface area contributed by atoms with Crippen molar-refractivity contribution >= 4 is 16.0 Å². The van der Waals surface area contributed by atoms with Gasteiger partial charge < -0.3 is 19.5 Å². The van der Waals surface area contributed by atoms with Crippen LogP contribution in [0.3, 0.4) is 0 Å². The van der Waals surface area contributed by atoms with Gasteiger partial charge in [-0.1, -0.05) is 17.7 Å². The number of hydrogen-bond acceptors (Lipinski definition) is 7. The molecule has 0 saturated carbocycles. The first-order valence-electron chi connectivity index (χ1n) is 8.45. The Morgan fingerprint density at radius 2 is 1.92 bits per heavy atom. The summed E-state index contributed by atoms with van der Waals surface area (Å²) in [5.74, 6) is -0.358. The maximum absolute atomic E-state index is 12.4. The number of ether oxygens (including phenoxy) is 3. The second-order valence-electron chi connectivity index (χ2n) is 6.52. The molecule has 2 saturated heterocycles. The minimum absolute atomic E-state index is 0.0838. The average molecular weight is 385 g/mol. The van der Waals surface area contributed by atoms with Crippen molar-refractivity contribution in [3.63, 3.8) is 0 Å². The Balaban J connectivity index is 1.63. The summed E-state index contributed by atoms with van der Waals surface area (Å²) < 4.78 is 46.7. The topological polar surface area (TPSA) is 100 Å². The summed E-state index contributed by atoms with van der Waals surface area (Å²) >= 11 is 0. The predicted octanol–water partition coefficient (Wildman–Crippen LogP) is 0.939. The maximum Gasteiger partial charge on any atom is 0.297 e. The number of benzene rings is 1. The van der Waals surface area contributed by atoms with Crippen molar-refractivity contribution in [3.05, 3.63) is 29.8 Å². The molecule has 2 aliphatic heterocycles. The lowest BCUT2D eigenvalue weighted by molar-refractivity contribution is -0.274. The van der Waals surface area contributed by atoms with Crippen molar-refractivity contribution in [3.8, 4) is 0 Å². The van der Waals surface area contributed by atoms with Gasteiger partial charge in [-0.25, -0.2) is 0 Å².